The van der Waals surface area contributed by atoms with Crippen LogP contribution in [0.5, 0.6) is 5.75 Å². The van der Waals surface area contributed by atoms with Gasteiger partial charge in [-0.05, 0) is 80.6 Å². The molecule has 0 saturated carbocycles. The highest BCUT2D eigenvalue weighted by atomic mass is 32.2. The van der Waals surface area contributed by atoms with Gasteiger partial charge in [0.15, 0.2) is 5.78 Å². The first-order valence-electron chi connectivity index (χ1n) is 13.4. The fourth-order valence-electron chi connectivity index (χ4n) is 4.02. The molecule has 0 spiro atoms. The summed E-state index contributed by atoms with van der Waals surface area (Å²) >= 11 is 1.33. The van der Waals surface area contributed by atoms with Crippen LogP contribution in [0.3, 0.4) is 0 Å². The zero-order chi connectivity index (χ0) is 30.8. The van der Waals surface area contributed by atoms with Crippen molar-refractivity contribution in [3.8, 4) is 5.75 Å². The monoisotopic (exact) mass is 593 g/mol. The number of hydrogen-bond acceptors (Lipinski definition) is 6. The van der Waals surface area contributed by atoms with E-state index in [2.05, 4.69) is 16.0 Å². The van der Waals surface area contributed by atoms with Gasteiger partial charge in [0.1, 0.15) is 11.4 Å². The SMILES string of the molecule is COc1ccccc1/C=C(/NC(=O)c1ccccc1)C(=O)Nc1cccc(SC(C)C(=O)Nc2ccc(C(C)=O)cc2)c1. The Labute approximate surface area is 254 Å². The zero-order valence-corrected chi connectivity index (χ0v) is 24.7. The average molecular weight is 594 g/mol. The summed E-state index contributed by atoms with van der Waals surface area (Å²) in [6.07, 6.45) is 1.56. The van der Waals surface area contributed by atoms with Crippen molar-refractivity contribution in [3.63, 3.8) is 0 Å². The molecule has 8 nitrogen and oxygen atoms in total. The summed E-state index contributed by atoms with van der Waals surface area (Å²) in [5.74, 6) is -0.674. The van der Waals surface area contributed by atoms with E-state index in [1.807, 2.05) is 18.2 Å². The molecule has 3 amide bonds. The van der Waals surface area contributed by atoms with Gasteiger partial charge in [-0.25, -0.2) is 0 Å². The molecule has 4 aromatic carbocycles. The maximum absolute atomic E-state index is 13.5. The van der Waals surface area contributed by atoms with Crippen LogP contribution in [0.1, 0.15) is 40.1 Å². The van der Waals surface area contributed by atoms with Crippen molar-refractivity contribution in [3.05, 3.63) is 126 Å². The molecule has 4 rings (SSSR count). The third-order valence-electron chi connectivity index (χ3n) is 6.30. The predicted molar refractivity (Wildman–Crippen MR) is 170 cm³/mol. The molecule has 3 N–H and O–H groups in total. The van der Waals surface area contributed by atoms with Gasteiger partial charge in [-0.2, -0.15) is 0 Å². The number of rotatable bonds is 11. The van der Waals surface area contributed by atoms with Gasteiger partial charge in [0.05, 0.1) is 12.4 Å². The zero-order valence-electron chi connectivity index (χ0n) is 23.9. The summed E-state index contributed by atoms with van der Waals surface area (Å²) in [6.45, 7) is 3.27. The Morgan fingerprint density at radius 3 is 2.16 bits per heavy atom. The minimum atomic E-state index is -0.530. The number of Topliss-reactive ketones (excluding diaryl/α,β-unsaturated/α-hetero) is 1. The van der Waals surface area contributed by atoms with Crippen LogP contribution in [-0.2, 0) is 9.59 Å². The highest BCUT2D eigenvalue weighted by Crippen LogP contribution is 2.27. The Morgan fingerprint density at radius 2 is 1.47 bits per heavy atom. The standard InChI is InChI=1S/C34H31N3O5S/c1-22(38)24-16-18-27(19-17-24)35-32(39)23(2)43-29-14-9-13-28(21-29)36-34(41)30(20-26-12-7-8-15-31(26)42-3)37-33(40)25-10-5-4-6-11-25/h4-21,23H,1-3H3,(H,35,39)(H,36,41)(H,37,40)/b30-20+. The number of carbonyl (C=O) groups is 4. The van der Waals surface area contributed by atoms with E-state index in [0.717, 1.165) is 4.90 Å². The number of ether oxygens (including phenoxy) is 1. The normalized spacial score (nSPS) is 11.7. The summed E-state index contributed by atoms with van der Waals surface area (Å²) < 4.78 is 5.42. The second kappa shape index (κ2) is 14.7. The number of hydrogen-bond donors (Lipinski definition) is 3. The van der Waals surface area contributed by atoms with Crippen molar-refractivity contribution in [1.82, 2.24) is 5.32 Å². The van der Waals surface area contributed by atoms with Gasteiger partial charge in [-0.15, -0.1) is 11.8 Å². The molecule has 4 aromatic rings. The topological polar surface area (TPSA) is 114 Å². The van der Waals surface area contributed by atoms with E-state index < -0.39 is 17.1 Å². The van der Waals surface area contributed by atoms with Crippen molar-refractivity contribution in [2.45, 2.75) is 24.0 Å². The molecule has 0 aliphatic carbocycles. The second-order valence-corrected chi connectivity index (χ2v) is 10.9. The maximum atomic E-state index is 13.5. The van der Waals surface area contributed by atoms with Crippen molar-refractivity contribution in [1.29, 1.82) is 0 Å². The molecule has 0 heterocycles. The van der Waals surface area contributed by atoms with Crippen LogP contribution >= 0.6 is 11.8 Å². The molecule has 0 saturated heterocycles. The largest absolute Gasteiger partial charge is 0.496 e. The number of thioether (sulfide) groups is 1. The molecule has 1 unspecified atom stereocenters. The van der Waals surface area contributed by atoms with Gasteiger partial charge in [-0.1, -0.05) is 42.5 Å². The lowest BCUT2D eigenvalue weighted by molar-refractivity contribution is -0.115. The van der Waals surface area contributed by atoms with Crippen molar-refractivity contribution in [2.75, 3.05) is 17.7 Å². The Morgan fingerprint density at radius 1 is 0.767 bits per heavy atom. The van der Waals surface area contributed by atoms with E-state index in [4.69, 9.17) is 4.74 Å². The molecule has 0 aliphatic rings. The Balaban J connectivity index is 1.48. The van der Waals surface area contributed by atoms with Crippen LogP contribution in [0.15, 0.2) is 114 Å². The highest BCUT2D eigenvalue weighted by Gasteiger charge is 2.18. The average Bonchev–Trinajstić information content (AvgIpc) is 3.01. The van der Waals surface area contributed by atoms with Crippen LogP contribution in [0.2, 0.25) is 0 Å². The molecule has 0 bridgehead atoms. The summed E-state index contributed by atoms with van der Waals surface area (Å²) in [5, 5.41) is 7.98. The molecule has 0 aromatic heterocycles. The number of ketones is 1. The van der Waals surface area contributed by atoms with Gasteiger partial charge in [0, 0.05) is 33.0 Å². The summed E-state index contributed by atoms with van der Waals surface area (Å²) in [7, 11) is 1.53. The molecule has 9 heteroatoms. The molecule has 43 heavy (non-hydrogen) atoms. The number of para-hydroxylation sites is 1. The third kappa shape index (κ3) is 8.67. The van der Waals surface area contributed by atoms with Gasteiger partial charge in [0.2, 0.25) is 5.91 Å². The smallest absolute Gasteiger partial charge is 0.272 e. The van der Waals surface area contributed by atoms with Crippen LogP contribution in [-0.4, -0.2) is 35.9 Å². The number of benzene rings is 4. The molecule has 0 radical (unpaired) electrons. The fourth-order valence-corrected chi connectivity index (χ4v) is 4.95. The highest BCUT2D eigenvalue weighted by molar-refractivity contribution is 8.00. The van der Waals surface area contributed by atoms with Crippen LogP contribution < -0.4 is 20.7 Å². The first-order valence-corrected chi connectivity index (χ1v) is 14.3. The van der Waals surface area contributed by atoms with Gasteiger partial charge < -0.3 is 20.7 Å². The Hall–Kier alpha value is -5.15. The number of carbonyl (C=O) groups excluding carboxylic acids is 4. The fraction of sp³-hybridized carbons (Fsp3) is 0.118. The summed E-state index contributed by atoms with van der Waals surface area (Å²) in [6, 6.07) is 29.6. The maximum Gasteiger partial charge on any atom is 0.272 e. The summed E-state index contributed by atoms with van der Waals surface area (Å²) in [5.41, 5.74) is 2.70. The lowest BCUT2D eigenvalue weighted by Crippen LogP contribution is -2.30. The van der Waals surface area contributed by atoms with E-state index in [0.29, 0.717) is 33.8 Å². The Bertz CT molecular complexity index is 1650. The molecule has 0 aliphatic heterocycles. The van der Waals surface area contributed by atoms with Gasteiger partial charge in [0.25, 0.3) is 11.8 Å². The van der Waals surface area contributed by atoms with E-state index in [9.17, 15) is 19.2 Å². The first kappa shape index (κ1) is 30.8. The minimum Gasteiger partial charge on any atom is -0.496 e. The molecule has 218 valence electrons. The molecular formula is C34H31N3O5S. The number of nitrogens with one attached hydrogen (secondary N) is 3. The predicted octanol–water partition coefficient (Wildman–Crippen LogP) is 6.43. The van der Waals surface area contributed by atoms with Crippen molar-refractivity contribution >= 4 is 52.7 Å². The van der Waals surface area contributed by atoms with Crippen molar-refractivity contribution < 1.29 is 23.9 Å². The number of methoxy groups -OCH3 is 1. The number of amides is 3. The molecular weight excluding hydrogens is 562 g/mol. The minimum absolute atomic E-state index is 0.0277. The number of anilines is 2. The molecule has 0 fully saturated rings. The van der Waals surface area contributed by atoms with E-state index >= 15 is 0 Å². The van der Waals surface area contributed by atoms with E-state index in [1.54, 1.807) is 97.9 Å². The van der Waals surface area contributed by atoms with Crippen molar-refractivity contribution in [2.24, 2.45) is 0 Å². The van der Waals surface area contributed by atoms with Crippen LogP contribution in [0.25, 0.3) is 6.08 Å². The third-order valence-corrected chi connectivity index (χ3v) is 7.39. The van der Waals surface area contributed by atoms with E-state index in [1.165, 1.54) is 25.8 Å². The second-order valence-electron chi connectivity index (χ2n) is 9.48. The van der Waals surface area contributed by atoms with Gasteiger partial charge >= 0.3 is 0 Å². The lowest BCUT2D eigenvalue weighted by Gasteiger charge is -2.14. The first-order chi connectivity index (χ1) is 20.7. The Kier molecular flexibility index (Phi) is 10.5. The van der Waals surface area contributed by atoms with E-state index in [-0.39, 0.29) is 17.4 Å². The van der Waals surface area contributed by atoms with Crippen LogP contribution in [0, 0.1) is 0 Å². The molecule has 1 atom stereocenters. The quantitative estimate of drug-likeness (QED) is 0.105. The lowest BCUT2D eigenvalue weighted by atomic mass is 10.1. The van der Waals surface area contributed by atoms with Gasteiger partial charge in [-0.3, -0.25) is 19.2 Å². The van der Waals surface area contributed by atoms with Crippen LogP contribution in [0.4, 0.5) is 11.4 Å². The summed E-state index contributed by atoms with van der Waals surface area (Å²) in [4.78, 5) is 51.5.